The lowest BCUT2D eigenvalue weighted by molar-refractivity contribution is -0.138. The lowest BCUT2D eigenvalue weighted by atomic mass is 10.2. The van der Waals surface area contributed by atoms with Crippen LogP contribution in [0.1, 0.15) is 20.8 Å². The molecule has 0 aromatic rings. The minimum atomic E-state index is -4.13. The Morgan fingerprint density at radius 2 is 1.94 bits per heavy atom. The Bertz CT molecular complexity index is 320. The number of carboxylic acids is 1. The topological polar surface area (TPSA) is 107 Å². The van der Waals surface area contributed by atoms with Crippen molar-refractivity contribution in [2.45, 2.75) is 32.9 Å². The van der Waals surface area contributed by atoms with Gasteiger partial charge < -0.3 is 14.9 Å². The van der Waals surface area contributed by atoms with Crippen molar-refractivity contribution in [3.8, 4) is 0 Å². The van der Waals surface area contributed by atoms with E-state index in [0.29, 0.717) is 5.57 Å². The number of hydrogen-bond acceptors (Lipinski definition) is 3. The van der Waals surface area contributed by atoms with E-state index in [4.69, 9.17) is 14.9 Å². The maximum absolute atomic E-state index is 10.8. The Labute approximate surface area is 94.5 Å². The first-order valence-electron chi connectivity index (χ1n) is 4.82. The van der Waals surface area contributed by atoms with Gasteiger partial charge in [0.2, 0.25) is 0 Å². The molecular formula is C9H18NO5P. The van der Waals surface area contributed by atoms with Gasteiger partial charge in [0.05, 0.1) is 6.16 Å². The number of carbonyl (C=O) groups is 1. The molecule has 0 fully saturated rings. The Kier molecular flexibility index (Phi) is 5.89. The Morgan fingerprint density at radius 1 is 1.44 bits per heavy atom. The molecule has 0 aliphatic heterocycles. The van der Waals surface area contributed by atoms with E-state index in [1.54, 1.807) is 13.8 Å². The van der Waals surface area contributed by atoms with Crippen LogP contribution in [0.3, 0.4) is 0 Å². The third kappa shape index (κ3) is 7.59. The highest BCUT2D eigenvalue weighted by Gasteiger charge is 2.18. The van der Waals surface area contributed by atoms with Gasteiger partial charge in [0, 0.05) is 6.04 Å². The summed E-state index contributed by atoms with van der Waals surface area (Å²) in [6.07, 6.45) is 0.901. The lowest BCUT2D eigenvalue weighted by Crippen LogP contribution is -2.39. The molecule has 0 aliphatic rings. The van der Waals surface area contributed by atoms with Crippen molar-refractivity contribution in [2.75, 3.05) is 6.16 Å². The van der Waals surface area contributed by atoms with Gasteiger partial charge >= 0.3 is 13.6 Å². The molecule has 0 radical (unpaired) electrons. The molecule has 6 nitrogen and oxygen atoms in total. The molecular weight excluding hydrogens is 233 g/mol. The maximum atomic E-state index is 10.8. The first kappa shape index (κ1) is 15.3. The van der Waals surface area contributed by atoms with Crippen LogP contribution in [0.15, 0.2) is 11.6 Å². The molecule has 0 saturated heterocycles. The van der Waals surface area contributed by atoms with E-state index in [-0.39, 0.29) is 6.04 Å². The van der Waals surface area contributed by atoms with Crippen molar-refractivity contribution < 1.29 is 24.3 Å². The quantitative estimate of drug-likeness (QED) is 0.406. The molecule has 0 amide bonds. The zero-order valence-electron chi connectivity index (χ0n) is 9.54. The average molecular weight is 251 g/mol. The summed E-state index contributed by atoms with van der Waals surface area (Å²) in [4.78, 5) is 28.3. The Morgan fingerprint density at radius 3 is 2.25 bits per heavy atom. The lowest BCUT2D eigenvalue weighted by Gasteiger charge is -2.15. The summed E-state index contributed by atoms with van der Waals surface area (Å²) in [7, 11) is -4.13. The second kappa shape index (κ2) is 6.15. The van der Waals surface area contributed by atoms with Gasteiger partial charge in [-0.05, 0) is 20.8 Å². The number of aliphatic carboxylic acids is 1. The van der Waals surface area contributed by atoms with E-state index >= 15 is 0 Å². The highest BCUT2D eigenvalue weighted by Crippen LogP contribution is 2.36. The molecule has 16 heavy (non-hydrogen) atoms. The van der Waals surface area contributed by atoms with Gasteiger partial charge in [-0.1, -0.05) is 11.6 Å². The van der Waals surface area contributed by atoms with Crippen LogP contribution in [0.4, 0.5) is 0 Å². The van der Waals surface area contributed by atoms with Crippen molar-refractivity contribution in [1.29, 1.82) is 0 Å². The summed E-state index contributed by atoms with van der Waals surface area (Å²) in [6.45, 7) is 5.08. The highest BCUT2D eigenvalue weighted by atomic mass is 31.2. The number of allylic oxidation sites excluding steroid dienone is 1. The van der Waals surface area contributed by atoms with Gasteiger partial charge in [0.15, 0.2) is 0 Å². The van der Waals surface area contributed by atoms with Crippen LogP contribution >= 0.6 is 7.60 Å². The van der Waals surface area contributed by atoms with Gasteiger partial charge in [-0.15, -0.1) is 0 Å². The van der Waals surface area contributed by atoms with Gasteiger partial charge in [0.25, 0.3) is 0 Å². The molecule has 0 aromatic carbocycles. The van der Waals surface area contributed by atoms with Crippen molar-refractivity contribution in [3.05, 3.63) is 11.6 Å². The van der Waals surface area contributed by atoms with Gasteiger partial charge in [0.1, 0.15) is 6.04 Å². The monoisotopic (exact) mass is 251 g/mol. The molecule has 4 N–H and O–H groups in total. The fourth-order valence-electron chi connectivity index (χ4n) is 1.21. The molecule has 1 unspecified atom stereocenters. The van der Waals surface area contributed by atoms with E-state index in [1.807, 2.05) is 0 Å². The highest BCUT2D eigenvalue weighted by molar-refractivity contribution is 7.52. The molecule has 7 heteroatoms. The number of rotatable bonds is 6. The molecule has 94 valence electrons. The van der Waals surface area contributed by atoms with E-state index in [9.17, 15) is 9.36 Å². The summed E-state index contributed by atoms with van der Waals surface area (Å²) >= 11 is 0. The summed E-state index contributed by atoms with van der Waals surface area (Å²) in [6, 6.07) is -0.952. The number of hydrogen-bond donors (Lipinski definition) is 4. The van der Waals surface area contributed by atoms with E-state index < -0.39 is 25.8 Å². The zero-order valence-corrected chi connectivity index (χ0v) is 10.4. The SMILES string of the molecule is C/C(=C\C(NC(C)C)C(=O)O)CP(=O)(O)O. The predicted molar refractivity (Wildman–Crippen MR) is 60.4 cm³/mol. The predicted octanol–water partition coefficient (Wildman–Crippen LogP) is 0.562. The Hall–Kier alpha value is -0.680. The van der Waals surface area contributed by atoms with Crippen molar-refractivity contribution in [2.24, 2.45) is 0 Å². The fraction of sp³-hybridized carbons (Fsp3) is 0.667. The van der Waals surface area contributed by atoms with E-state index in [0.717, 1.165) is 0 Å². The standard InChI is InChI=1S/C9H18NO5P/c1-6(2)10-8(9(11)12)4-7(3)5-16(13,14)15/h4,6,8,10H,5H2,1-3H3,(H,11,12)(H2,13,14,15)/b7-4+. The maximum Gasteiger partial charge on any atom is 0.329 e. The van der Waals surface area contributed by atoms with Crippen LogP contribution in [-0.4, -0.2) is 39.1 Å². The molecule has 0 saturated carbocycles. The number of nitrogens with one attached hydrogen (secondary N) is 1. The first-order chi connectivity index (χ1) is 7.11. The zero-order chi connectivity index (χ0) is 12.9. The van der Waals surface area contributed by atoms with Gasteiger partial charge in [-0.2, -0.15) is 0 Å². The van der Waals surface area contributed by atoms with Crippen LogP contribution in [0.2, 0.25) is 0 Å². The second-order valence-corrected chi connectivity index (χ2v) is 5.62. The van der Waals surface area contributed by atoms with E-state index in [1.165, 1.54) is 13.0 Å². The summed E-state index contributed by atoms with van der Waals surface area (Å²) < 4.78 is 10.7. The van der Waals surface area contributed by atoms with Crippen LogP contribution in [0.25, 0.3) is 0 Å². The first-order valence-corrected chi connectivity index (χ1v) is 6.62. The minimum absolute atomic E-state index is 0.0276. The van der Waals surface area contributed by atoms with Gasteiger partial charge in [-0.25, -0.2) is 0 Å². The number of carboxylic acid groups (broad SMARTS) is 1. The summed E-state index contributed by atoms with van der Waals surface area (Å²) in [5.41, 5.74) is 0.355. The third-order valence-corrected chi connectivity index (χ3v) is 2.60. The van der Waals surface area contributed by atoms with Crippen LogP contribution in [0.5, 0.6) is 0 Å². The minimum Gasteiger partial charge on any atom is -0.480 e. The largest absolute Gasteiger partial charge is 0.480 e. The van der Waals surface area contributed by atoms with Crippen LogP contribution < -0.4 is 5.32 Å². The van der Waals surface area contributed by atoms with E-state index in [2.05, 4.69) is 5.32 Å². The molecule has 0 aromatic heterocycles. The van der Waals surface area contributed by atoms with Crippen molar-refractivity contribution in [3.63, 3.8) is 0 Å². The van der Waals surface area contributed by atoms with Crippen molar-refractivity contribution in [1.82, 2.24) is 5.32 Å². The summed E-state index contributed by atoms with van der Waals surface area (Å²) in [5, 5.41) is 11.6. The van der Waals surface area contributed by atoms with Crippen LogP contribution in [0, 0.1) is 0 Å². The fourth-order valence-corrected chi connectivity index (χ4v) is 1.97. The van der Waals surface area contributed by atoms with Gasteiger partial charge in [-0.3, -0.25) is 14.7 Å². The molecule has 0 rings (SSSR count). The molecule has 0 spiro atoms. The molecule has 1 atom stereocenters. The van der Waals surface area contributed by atoms with Crippen LogP contribution in [-0.2, 0) is 9.36 Å². The molecule has 0 heterocycles. The molecule has 0 bridgehead atoms. The van der Waals surface area contributed by atoms with Crippen molar-refractivity contribution >= 4 is 13.6 Å². The third-order valence-electron chi connectivity index (χ3n) is 1.69. The average Bonchev–Trinajstić information content (AvgIpc) is 1.97. The smallest absolute Gasteiger partial charge is 0.329 e. The normalized spacial score (nSPS) is 15.2. The molecule has 0 aliphatic carbocycles. The second-order valence-electron chi connectivity index (χ2n) is 3.97. The summed E-state index contributed by atoms with van der Waals surface area (Å²) in [5.74, 6) is -1.07. The Balaban J connectivity index is 4.65.